The van der Waals surface area contributed by atoms with Crippen LogP contribution in [0.2, 0.25) is 0 Å². The number of phenolic OH excluding ortho intramolecular Hbond substituents is 3. The Labute approximate surface area is 166 Å². The van der Waals surface area contributed by atoms with Crippen LogP contribution < -0.4 is 0 Å². The molecule has 150 valence electrons. The lowest BCUT2D eigenvalue weighted by Crippen LogP contribution is -2.03. The summed E-state index contributed by atoms with van der Waals surface area (Å²) in [6.45, 7) is 5.90. The largest absolute Gasteiger partial charge is 0.508 e. The highest BCUT2D eigenvalue weighted by Crippen LogP contribution is 2.22. The molecule has 0 unspecified atom stereocenters. The molecule has 0 aromatic heterocycles. The summed E-state index contributed by atoms with van der Waals surface area (Å²) in [7, 11) is 0. The maximum absolute atomic E-state index is 10.8. The summed E-state index contributed by atoms with van der Waals surface area (Å²) in [4.78, 5) is 10.8. The molecule has 0 aliphatic heterocycles. The molecule has 0 heterocycles. The van der Waals surface area contributed by atoms with Crippen LogP contribution in [0.5, 0.6) is 17.2 Å². The quantitative estimate of drug-likeness (QED) is 0.250. The predicted molar refractivity (Wildman–Crippen MR) is 112 cm³/mol. The zero-order chi connectivity index (χ0) is 20.8. The lowest BCUT2D eigenvalue weighted by Gasteiger charge is -1.99. The van der Waals surface area contributed by atoms with E-state index in [1.807, 2.05) is 6.08 Å². The Morgan fingerprint density at radius 3 is 2.11 bits per heavy atom. The fraction of sp³-hybridized carbons (Fsp3) is 0.261. The highest BCUT2D eigenvalue weighted by molar-refractivity contribution is 5.71. The average Bonchev–Trinajstić information content (AvgIpc) is 2.66. The molecule has 5 nitrogen and oxygen atoms in total. The molecular formula is C23H28O5. The monoisotopic (exact) mass is 384 g/mol. The van der Waals surface area contributed by atoms with E-state index in [1.54, 1.807) is 48.6 Å². The molecule has 0 aliphatic carbocycles. The molecule has 2 aromatic rings. The van der Waals surface area contributed by atoms with Crippen molar-refractivity contribution in [3.05, 3.63) is 66.2 Å². The van der Waals surface area contributed by atoms with Crippen molar-refractivity contribution in [2.24, 2.45) is 0 Å². The summed E-state index contributed by atoms with van der Waals surface area (Å²) >= 11 is 0. The SMILES string of the molecule is C=CCOC(=O)CCCCC.Oc1ccc(C=Cc2cc(O)cc(O)c2)cc1. The molecule has 0 aliphatic rings. The van der Waals surface area contributed by atoms with Crippen LogP contribution >= 0.6 is 0 Å². The van der Waals surface area contributed by atoms with E-state index in [0.29, 0.717) is 18.6 Å². The summed E-state index contributed by atoms with van der Waals surface area (Å²) < 4.78 is 4.78. The molecule has 5 heteroatoms. The number of phenols is 3. The predicted octanol–water partition coefficient (Wildman–Crippen LogP) is 5.27. The molecular weight excluding hydrogens is 356 g/mol. The number of ether oxygens (including phenoxy) is 1. The minimum atomic E-state index is -0.113. The first-order chi connectivity index (χ1) is 13.4. The molecule has 0 radical (unpaired) electrons. The summed E-state index contributed by atoms with van der Waals surface area (Å²) in [5.41, 5.74) is 1.63. The molecule has 28 heavy (non-hydrogen) atoms. The van der Waals surface area contributed by atoms with Gasteiger partial charge in [-0.15, -0.1) is 0 Å². The molecule has 2 aromatic carbocycles. The molecule has 0 amide bonds. The van der Waals surface area contributed by atoms with Crippen LogP contribution in [0.1, 0.15) is 43.7 Å². The Morgan fingerprint density at radius 1 is 0.929 bits per heavy atom. The van der Waals surface area contributed by atoms with Gasteiger partial charge < -0.3 is 20.1 Å². The van der Waals surface area contributed by atoms with Gasteiger partial charge in [-0.25, -0.2) is 0 Å². The van der Waals surface area contributed by atoms with Gasteiger partial charge in [-0.1, -0.05) is 56.7 Å². The molecule has 0 saturated carbocycles. The van der Waals surface area contributed by atoms with Crippen molar-refractivity contribution < 1.29 is 24.9 Å². The van der Waals surface area contributed by atoms with Crippen molar-refractivity contribution in [2.45, 2.75) is 32.6 Å². The number of hydrogen-bond donors (Lipinski definition) is 3. The van der Waals surface area contributed by atoms with E-state index >= 15 is 0 Å². The number of carbonyl (C=O) groups is 1. The first-order valence-corrected chi connectivity index (χ1v) is 9.21. The second-order valence-corrected chi connectivity index (χ2v) is 6.14. The zero-order valence-corrected chi connectivity index (χ0v) is 16.2. The molecule has 0 bridgehead atoms. The maximum Gasteiger partial charge on any atom is 0.306 e. The van der Waals surface area contributed by atoms with E-state index in [4.69, 9.17) is 9.84 Å². The highest BCUT2D eigenvalue weighted by atomic mass is 16.5. The van der Waals surface area contributed by atoms with Gasteiger partial charge >= 0.3 is 5.97 Å². The van der Waals surface area contributed by atoms with Crippen LogP contribution in [0.25, 0.3) is 12.2 Å². The summed E-state index contributed by atoms with van der Waals surface area (Å²) in [5, 5.41) is 27.7. The number of carbonyl (C=O) groups excluding carboxylic acids is 1. The minimum Gasteiger partial charge on any atom is -0.508 e. The summed E-state index contributed by atoms with van der Waals surface area (Å²) in [6, 6.07) is 11.1. The standard InChI is InChI=1S/C14H12O3.C9H16O2/c15-12-5-3-10(4-6-12)1-2-11-7-13(16)9-14(17)8-11;1-3-5-6-7-9(10)11-8-4-2/h1-9,15-17H;4H,2-3,5-8H2,1H3. The second kappa shape index (κ2) is 13.0. The first kappa shape index (κ1) is 22.8. The Morgan fingerprint density at radius 2 is 1.54 bits per heavy atom. The first-order valence-electron chi connectivity index (χ1n) is 9.21. The van der Waals surface area contributed by atoms with Crippen molar-refractivity contribution in [1.82, 2.24) is 0 Å². The van der Waals surface area contributed by atoms with Crippen LogP contribution in [-0.2, 0) is 9.53 Å². The van der Waals surface area contributed by atoms with Crippen molar-refractivity contribution in [3.8, 4) is 17.2 Å². The number of esters is 1. The number of benzene rings is 2. The van der Waals surface area contributed by atoms with Crippen molar-refractivity contribution >= 4 is 18.1 Å². The van der Waals surface area contributed by atoms with Crippen LogP contribution in [-0.4, -0.2) is 27.9 Å². The van der Waals surface area contributed by atoms with E-state index in [-0.39, 0.29) is 23.2 Å². The highest BCUT2D eigenvalue weighted by Gasteiger charge is 1.99. The topological polar surface area (TPSA) is 87.0 Å². The molecule has 0 saturated heterocycles. The fourth-order valence-electron chi connectivity index (χ4n) is 2.24. The Balaban J connectivity index is 0.000000311. The van der Waals surface area contributed by atoms with Gasteiger partial charge in [0.15, 0.2) is 0 Å². The average molecular weight is 384 g/mol. The molecule has 2 rings (SSSR count). The van der Waals surface area contributed by atoms with Gasteiger partial charge in [-0.3, -0.25) is 4.79 Å². The van der Waals surface area contributed by atoms with Crippen LogP contribution in [0.3, 0.4) is 0 Å². The molecule has 0 atom stereocenters. The van der Waals surface area contributed by atoms with Crippen molar-refractivity contribution in [2.75, 3.05) is 6.61 Å². The van der Waals surface area contributed by atoms with Crippen LogP contribution in [0.15, 0.2) is 55.1 Å². The Kier molecular flexibility index (Phi) is 10.6. The number of unbranched alkanes of at least 4 members (excludes halogenated alkanes) is 2. The van der Waals surface area contributed by atoms with E-state index in [0.717, 1.165) is 24.8 Å². The summed E-state index contributed by atoms with van der Waals surface area (Å²) in [5.74, 6) is 0.154. The van der Waals surface area contributed by atoms with Gasteiger partial charge in [-0.05, 0) is 41.8 Å². The van der Waals surface area contributed by atoms with E-state index in [2.05, 4.69) is 13.5 Å². The van der Waals surface area contributed by atoms with Crippen molar-refractivity contribution in [1.29, 1.82) is 0 Å². The van der Waals surface area contributed by atoms with Gasteiger partial charge in [0, 0.05) is 12.5 Å². The lowest BCUT2D eigenvalue weighted by molar-refractivity contribution is -0.142. The van der Waals surface area contributed by atoms with Crippen molar-refractivity contribution in [3.63, 3.8) is 0 Å². The van der Waals surface area contributed by atoms with Gasteiger partial charge in [-0.2, -0.15) is 0 Å². The normalized spacial score (nSPS) is 10.2. The fourth-order valence-corrected chi connectivity index (χ4v) is 2.24. The maximum atomic E-state index is 10.8. The van der Waals surface area contributed by atoms with E-state index in [1.165, 1.54) is 6.07 Å². The summed E-state index contributed by atoms with van der Waals surface area (Å²) in [6.07, 6.45) is 8.89. The smallest absolute Gasteiger partial charge is 0.306 e. The van der Waals surface area contributed by atoms with Crippen LogP contribution in [0, 0.1) is 0 Å². The third kappa shape index (κ3) is 10.1. The third-order valence-electron chi connectivity index (χ3n) is 3.63. The minimum absolute atomic E-state index is 0.0235. The number of hydrogen-bond acceptors (Lipinski definition) is 5. The molecule has 3 N–H and O–H groups in total. The second-order valence-electron chi connectivity index (χ2n) is 6.14. The molecule has 0 spiro atoms. The third-order valence-corrected chi connectivity index (χ3v) is 3.63. The van der Waals surface area contributed by atoms with E-state index in [9.17, 15) is 15.0 Å². The number of rotatable bonds is 8. The van der Waals surface area contributed by atoms with Gasteiger partial charge in [0.2, 0.25) is 0 Å². The number of aromatic hydroxyl groups is 3. The Hall–Kier alpha value is -3.21. The van der Waals surface area contributed by atoms with Gasteiger partial charge in [0.25, 0.3) is 0 Å². The zero-order valence-electron chi connectivity index (χ0n) is 16.2. The van der Waals surface area contributed by atoms with Gasteiger partial charge in [0.1, 0.15) is 23.9 Å². The lowest BCUT2D eigenvalue weighted by atomic mass is 10.1. The van der Waals surface area contributed by atoms with Crippen LogP contribution in [0.4, 0.5) is 0 Å². The van der Waals surface area contributed by atoms with Gasteiger partial charge in [0.05, 0.1) is 0 Å². The van der Waals surface area contributed by atoms with E-state index < -0.39 is 0 Å². The molecule has 0 fully saturated rings. The Bertz CT molecular complexity index is 743.